The van der Waals surface area contributed by atoms with Crippen LogP contribution in [-0.2, 0) is 13.0 Å². The van der Waals surface area contributed by atoms with Crippen LogP contribution in [0.4, 0.5) is 0 Å². The average Bonchev–Trinajstić information content (AvgIpc) is 2.90. The summed E-state index contributed by atoms with van der Waals surface area (Å²) < 4.78 is 0. The van der Waals surface area contributed by atoms with Crippen molar-refractivity contribution in [2.45, 2.75) is 13.0 Å². The number of primary amides is 1. The van der Waals surface area contributed by atoms with Crippen molar-refractivity contribution in [1.29, 1.82) is 5.26 Å². The van der Waals surface area contributed by atoms with E-state index in [-0.39, 0.29) is 0 Å². The van der Waals surface area contributed by atoms with Crippen molar-refractivity contribution >= 4 is 17.2 Å². The Kier molecular flexibility index (Phi) is 3.22. The molecule has 1 aromatic heterocycles. The number of rotatable bonds is 2. The third kappa shape index (κ3) is 2.29. The minimum Gasteiger partial charge on any atom is -0.366 e. The largest absolute Gasteiger partial charge is 0.366 e. The molecule has 2 aromatic rings. The topological polar surface area (TPSA) is 91.8 Å². The van der Waals surface area contributed by atoms with Gasteiger partial charge in [0.15, 0.2) is 0 Å². The van der Waals surface area contributed by atoms with Crippen molar-refractivity contribution in [3.63, 3.8) is 0 Å². The van der Waals surface area contributed by atoms with Gasteiger partial charge in [-0.3, -0.25) is 4.79 Å². The number of fused-ring (bicyclic) bond motifs is 1. The van der Waals surface area contributed by atoms with Crippen molar-refractivity contribution in [3.05, 3.63) is 39.9 Å². The Bertz CT molecular complexity index is 706. The van der Waals surface area contributed by atoms with Gasteiger partial charge in [0.1, 0.15) is 5.01 Å². The molecule has 0 spiro atoms. The van der Waals surface area contributed by atoms with Crippen LogP contribution in [0.15, 0.2) is 18.2 Å². The average molecular weight is 284 g/mol. The van der Waals surface area contributed by atoms with E-state index in [9.17, 15) is 4.79 Å². The third-order valence-corrected chi connectivity index (χ3v) is 4.34. The maximum absolute atomic E-state index is 11.3. The number of hydrogen-bond donors (Lipinski definition) is 2. The second kappa shape index (κ2) is 5.04. The molecule has 20 heavy (non-hydrogen) atoms. The molecule has 0 radical (unpaired) electrons. The first-order valence-electron chi connectivity index (χ1n) is 6.22. The molecule has 100 valence electrons. The van der Waals surface area contributed by atoms with Crippen molar-refractivity contribution < 1.29 is 4.79 Å². The molecule has 0 atom stereocenters. The molecule has 3 rings (SSSR count). The number of thiazole rings is 1. The summed E-state index contributed by atoms with van der Waals surface area (Å²) in [5, 5.41) is 13.2. The van der Waals surface area contributed by atoms with Crippen LogP contribution in [0.25, 0.3) is 10.6 Å². The highest BCUT2D eigenvalue weighted by molar-refractivity contribution is 7.15. The Morgan fingerprint density at radius 3 is 3.00 bits per heavy atom. The van der Waals surface area contributed by atoms with Crippen molar-refractivity contribution in [2.75, 3.05) is 6.54 Å². The first-order chi connectivity index (χ1) is 9.67. The van der Waals surface area contributed by atoms with Gasteiger partial charge in [-0.25, -0.2) is 4.98 Å². The molecule has 6 heteroatoms. The summed E-state index contributed by atoms with van der Waals surface area (Å²) >= 11 is 1.59. The molecule has 2 heterocycles. The van der Waals surface area contributed by atoms with Crippen LogP contribution in [0.3, 0.4) is 0 Å². The summed E-state index contributed by atoms with van der Waals surface area (Å²) in [6.45, 7) is 1.76. The molecule has 0 aliphatic carbocycles. The zero-order valence-corrected chi connectivity index (χ0v) is 11.5. The Balaban J connectivity index is 2.09. The lowest BCUT2D eigenvalue weighted by Crippen LogP contribution is -2.22. The Morgan fingerprint density at radius 1 is 1.45 bits per heavy atom. The fraction of sp³-hybridized carbons (Fsp3) is 0.214. The van der Waals surface area contributed by atoms with Crippen molar-refractivity contribution in [1.82, 2.24) is 10.3 Å². The van der Waals surface area contributed by atoms with Gasteiger partial charge in [0.05, 0.1) is 17.3 Å². The van der Waals surface area contributed by atoms with E-state index in [0.29, 0.717) is 11.1 Å². The molecule has 1 aromatic carbocycles. The first kappa shape index (κ1) is 12.8. The fourth-order valence-electron chi connectivity index (χ4n) is 2.21. The molecule has 1 aliphatic heterocycles. The van der Waals surface area contributed by atoms with E-state index in [1.54, 1.807) is 23.5 Å². The van der Waals surface area contributed by atoms with Gasteiger partial charge >= 0.3 is 0 Å². The third-order valence-electron chi connectivity index (χ3n) is 3.20. The summed E-state index contributed by atoms with van der Waals surface area (Å²) in [6.07, 6.45) is 0.909. The molecule has 0 saturated heterocycles. The van der Waals surface area contributed by atoms with Crippen LogP contribution < -0.4 is 11.1 Å². The van der Waals surface area contributed by atoms with Gasteiger partial charge in [-0.1, -0.05) is 0 Å². The number of carbonyl (C=O) groups excluding carboxylic acids is 1. The highest BCUT2D eigenvalue weighted by Gasteiger charge is 2.17. The number of nitrogens with zero attached hydrogens (tertiary/aromatic N) is 2. The summed E-state index contributed by atoms with van der Waals surface area (Å²) in [6, 6.07) is 6.99. The second-order valence-corrected chi connectivity index (χ2v) is 5.67. The van der Waals surface area contributed by atoms with Crippen LogP contribution in [0.2, 0.25) is 0 Å². The molecule has 1 aliphatic rings. The van der Waals surface area contributed by atoms with E-state index in [0.717, 1.165) is 35.8 Å². The SMILES string of the molecule is N#Cc1cc(C(N)=O)cc(-c2nc3c(s2)CNCC3)c1. The van der Waals surface area contributed by atoms with Gasteiger partial charge in [0, 0.05) is 35.5 Å². The Labute approximate surface area is 120 Å². The van der Waals surface area contributed by atoms with Gasteiger partial charge in [0.25, 0.3) is 0 Å². The Hall–Kier alpha value is -2.23. The number of nitrogens with one attached hydrogen (secondary N) is 1. The number of amides is 1. The standard InChI is InChI=1S/C14H12N4OS/c15-6-8-3-9(13(16)19)5-10(4-8)14-18-11-1-2-17-7-12(11)20-14/h3-5,17H,1-2,7H2,(H2,16,19). The molecular weight excluding hydrogens is 272 g/mol. The molecule has 1 amide bonds. The lowest BCUT2D eigenvalue weighted by atomic mass is 10.1. The van der Waals surface area contributed by atoms with Crippen LogP contribution in [0, 0.1) is 11.3 Å². The van der Waals surface area contributed by atoms with E-state index in [1.165, 1.54) is 10.9 Å². The van der Waals surface area contributed by atoms with Crippen LogP contribution in [-0.4, -0.2) is 17.4 Å². The molecule has 0 bridgehead atoms. The van der Waals surface area contributed by atoms with E-state index in [2.05, 4.69) is 16.4 Å². The first-order valence-corrected chi connectivity index (χ1v) is 7.03. The lowest BCUT2D eigenvalue weighted by molar-refractivity contribution is 0.100. The number of carbonyl (C=O) groups is 1. The van der Waals surface area contributed by atoms with Gasteiger partial charge in [0.2, 0.25) is 5.91 Å². The van der Waals surface area contributed by atoms with Gasteiger partial charge in [-0.2, -0.15) is 5.26 Å². The molecule has 0 fully saturated rings. The van der Waals surface area contributed by atoms with Gasteiger partial charge in [-0.05, 0) is 18.2 Å². The number of hydrogen-bond acceptors (Lipinski definition) is 5. The second-order valence-electron chi connectivity index (χ2n) is 4.59. The number of benzene rings is 1. The predicted octanol–water partition coefficient (Wildman–Crippen LogP) is 1.43. The summed E-state index contributed by atoms with van der Waals surface area (Å²) in [4.78, 5) is 17.2. The summed E-state index contributed by atoms with van der Waals surface area (Å²) in [5.74, 6) is -0.536. The number of nitrogens with two attached hydrogens (primary N) is 1. The molecular formula is C14H12N4OS. The van der Waals surface area contributed by atoms with E-state index < -0.39 is 5.91 Å². The zero-order valence-electron chi connectivity index (χ0n) is 10.6. The monoisotopic (exact) mass is 284 g/mol. The minimum absolute atomic E-state index is 0.338. The van der Waals surface area contributed by atoms with E-state index >= 15 is 0 Å². The van der Waals surface area contributed by atoms with E-state index in [4.69, 9.17) is 11.0 Å². The number of nitriles is 1. The lowest BCUT2D eigenvalue weighted by Gasteiger charge is -2.09. The molecule has 3 N–H and O–H groups in total. The fourth-order valence-corrected chi connectivity index (χ4v) is 3.27. The highest BCUT2D eigenvalue weighted by atomic mass is 32.1. The smallest absolute Gasteiger partial charge is 0.248 e. The highest BCUT2D eigenvalue weighted by Crippen LogP contribution is 2.30. The molecule has 0 saturated carbocycles. The van der Waals surface area contributed by atoms with Crippen LogP contribution >= 0.6 is 11.3 Å². The Morgan fingerprint density at radius 2 is 2.30 bits per heavy atom. The van der Waals surface area contributed by atoms with E-state index in [1.807, 2.05) is 0 Å². The maximum atomic E-state index is 11.3. The van der Waals surface area contributed by atoms with Crippen molar-refractivity contribution in [3.8, 4) is 16.6 Å². The van der Waals surface area contributed by atoms with Crippen LogP contribution in [0.1, 0.15) is 26.5 Å². The van der Waals surface area contributed by atoms with Gasteiger partial charge < -0.3 is 11.1 Å². The number of aromatic nitrogens is 1. The molecule has 5 nitrogen and oxygen atoms in total. The quantitative estimate of drug-likeness (QED) is 0.872. The maximum Gasteiger partial charge on any atom is 0.248 e. The van der Waals surface area contributed by atoms with Crippen LogP contribution in [0.5, 0.6) is 0 Å². The normalized spacial score (nSPS) is 13.6. The minimum atomic E-state index is -0.536. The zero-order chi connectivity index (χ0) is 14.1. The van der Waals surface area contributed by atoms with Crippen molar-refractivity contribution in [2.24, 2.45) is 5.73 Å². The molecule has 0 unspecified atom stereocenters. The van der Waals surface area contributed by atoms with Gasteiger partial charge in [-0.15, -0.1) is 11.3 Å². The summed E-state index contributed by atoms with van der Waals surface area (Å²) in [7, 11) is 0. The predicted molar refractivity (Wildman–Crippen MR) is 76.2 cm³/mol. The summed E-state index contributed by atoms with van der Waals surface area (Å²) in [5.41, 5.74) is 7.94.